The maximum absolute atomic E-state index is 6.11. The minimum absolute atomic E-state index is 0. The van der Waals surface area contributed by atoms with Gasteiger partial charge in [-0.05, 0) is 51.4 Å². The topological polar surface area (TPSA) is 55.3 Å². The molecule has 1 N–H and O–H groups in total. The van der Waals surface area contributed by atoms with Crippen LogP contribution in [0, 0.1) is 0 Å². The molecule has 0 radical (unpaired) electrons. The summed E-state index contributed by atoms with van der Waals surface area (Å²) in [6.45, 7) is 5.43. The lowest BCUT2D eigenvalue weighted by Crippen LogP contribution is -2.49. The zero-order valence-electron chi connectivity index (χ0n) is 16.2. The van der Waals surface area contributed by atoms with E-state index in [0.717, 1.165) is 71.1 Å². The molecule has 3 aliphatic rings. The van der Waals surface area contributed by atoms with E-state index in [1.807, 2.05) is 7.05 Å². The van der Waals surface area contributed by atoms with Crippen molar-refractivity contribution in [1.29, 1.82) is 0 Å². The summed E-state index contributed by atoms with van der Waals surface area (Å²) in [5.74, 6) is 1.00. The molecule has 3 heterocycles. The zero-order chi connectivity index (χ0) is 17.3. The summed E-state index contributed by atoms with van der Waals surface area (Å²) in [4.78, 5) is 6.80. The van der Waals surface area contributed by atoms with Gasteiger partial charge in [0, 0.05) is 39.9 Å². The third kappa shape index (κ3) is 7.13. The van der Waals surface area contributed by atoms with Crippen molar-refractivity contribution in [1.82, 2.24) is 10.2 Å². The molecular weight excluding hydrogens is 445 g/mol. The van der Waals surface area contributed by atoms with Crippen LogP contribution in [0.25, 0.3) is 0 Å². The molecule has 0 bridgehead atoms. The number of guanidine groups is 1. The number of rotatable bonds is 5. The first-order valence-electron chi connectivity index (χ1n) is 10.2. The summed E-state index contributed by atoms with van der Waals surface area (Å²) in [5.41, 5.74) is 0. The van der Waals surface area contributed by atoms with Crippen LogP contribution in [-0.4, -0.2) is 75.7 Å². The highest BCUT2D eigenvalue weighted by Crippen LogP contribution is 2.18. The first-order chi connectivity index (χ1) is 12.3. The summed E-state index contributed by atoms with van der Waals surface area (Å²) >= 11 is 0. The fraction of sp³-hybridized carbons (Fsp3) is 0.947. The van der Waals surface area contributed by atoms with E-state index in [2.05, 4.69) is 15.2 Å². The molecule has 2 atom stereocenters. The van der Waals surface area contributed by atoms with E-state index in [-0.39, 0.29) is 24.0 Å². The number of likely N-dealkylation sites (tertiary alicyclic amines) is 1. The van der Waals surface area contributed by atoms with E-state index in [0.29, 0.717) is 18.3 Å². The van der Waals surface area contributed by atoms with Crippen LogP contribution < -0.4 is 5.32 Å². The molecule has 3 rings (SSSR count). The summed E-state index contributed by atoms with van der Waals surface area (Å²) in [6.07, 6.45) is 10.4. The average molecular weight is 481 g/mol. The van der Waals surface area contributed by atoms with E-state index in [1.54, 1.807) is 0 Å². The molecule has 152 valence electrons. The van der Waals surface area contributed by atoms with Gasteiger partial charge in [0.05, 0.1) is 24.9 Å². The Morgan fingerprint density at radius 3 is 2.23 bits per heavy atom. The first-order valence-corrected chi connectivity index (χ1v) is 10.2. The molecule has 26 heavy (non-hydrogen) atoms. The van der Waals surface area contributed by atoms with Crippen molar-refractivity contribution in [3.8, 4) is 0 Å². The normalized spacial score (nSPS) is 28.5. The van der Waals surface area contributed by atoms with Crippen molar-refractivity contribution >= 4 is 29.9 Å². The number of ether oxygens (including phenoxy) is 3. The van der Waals surface area contributed by atoms with Gasteiger partial charge >= 0.3 is 0 Å². The highest BCUT2D eigenvalue weighted by atomic mass is 127. The Hall–Kier alpha value is -0.120. The molecular formula is C19H36IN3O3. The number of halogens is 1. The second-order valence-corrected chi connectivity index (χ2v) is 7.43. The average Bonchev–Trinajstić information content (AvgIpc) is 2.69. The van der Waals surface area contributed by atoms with Crippen molar-refractivity contribution < 1.29 is 14.2 Å². The molecule has 6 nitrogen and oxygen atoms in total. The molecule has 0 aromatic heterocycles. The Bertz CT molecular complexity index is 405. The van der Waals surface area contributed by atoms with Gasteiger partial charge in [-0.15, -0.1) is 24.0 Å². The number of hydrogen-bond donors (Lipinski definition) is 1. The molecule has 0 aromatic rings. The van der Waals surface area contributed by atoms with Crippen molar-refractivity contribution in [2.75, 3.05) is 46.5 Å². The third-order valence-corrected chi connectivity index (χ3v) is 5.51. The minimum Gasteiger partial charge on any atom is -0.376 e. The largest absolute Gasteiger partial charge is 0.376 e. The van der Waals surface area contributed by atoms with Gasteiger partial charge in [-0.2, -0.15) is 0 Å². The summed E-state index contributed by atoms with van der Waals surface area (Å²) < 4.78 is 17.7. The van der Waals surface area contributed by atoms with Gasteiger partial charge in [-0.1, -0.05) is 0 Å². The van der Waals surface area contributed by atoms with Crippen molar-refractivity contribution in [3.05, 3.63) is 0 Å². The van der Waals surface area contributed by atoms with Gasteiger partial charge in [-0.3, -0.25) is 4.99 Å². The van der Waals surface area contributed by atoms with Gasteiger partial charge < -0.3 is 24.4 Å². The van der Waals surface area contributed by atoms with Crippen LogP contribution in [0.1, 0.15) is 51.4 Å². The Morgan fingerprint density at radius 2 is 1.65 bits per heavy atom. The van der Waals surface area contributed by atoms with Crippen LogP contribution in [0.15, 0.2) is 4.99 Å². The summed E-state index contributed by atoms with van der Waals surface area (Å²) in [7, 11) is 1.87. The SMILES string of the molecule is CN=C(NCC1CCCCO1)N1CCC(OCC2CCCCO2)CC1.I. The third-order valence-electron chi connectivity index (χ3n) is 5.51. The Labute approximate surface area is 175 Å². The molecule has 3 aliphatic heterocycles. The molecule has 0 saturated carbocycles. The maximum Gasteiger partial charge on any atom is 0.193 e. The Balaban J connectivity index is 0.00000243. The molecule has 0 aliphatic carbocycles. The van der Waals surface area contributed by atoms with Crippen LogP contribution in [0.2, 0.25) is 0 Å². The molecule has 2 unspecified atom stereocenters. The van der Waals surface area contributed by atoms with Crippen molar-refractivity contribution in [2.45, 2.75) is 69.7 Å². The Morgan fingerprint density at radius 1 is 1.00 bits per heavy atom. The lowest BCUT2D eigenvalue weighted by atomic mass is 10.1. The molecule has 3 saturated heterocycles. The second kappa shape index (κ2) is 12.4. The molecule has 7 heteroatoms. The van der Waals surface area contributed by atoms with E-state index in [4.69, 9.17) is 14.2 Å². The van der Waals surface area contributed by atoms with Crippen LogP contribution in [0.5, 0.6) is 0 Å². The molecule has 3 fully saturated rings. The van der Waals surface area contributed by atoms with E-state index in [9.17, 15) is 0 Å². The lowest BCUT2D eigenvalue weighted by molar-refractivity contribution is -0.0721. The maximum atomic E-state index is 6.11. The number of nitrogens with one attached hydrogen (secondary N) is 1. The molecule has 0 amide bonds. The van der Waals surface area contributed by atoms with Crippen molar-refractivity contribution in [2.24, 2.45) is 4.99 Å². The highest BCUT2D eigenvalue weighted by molar-refractivity contribution is 14.0. The van der Waals surface area contributed by atoms with Gasteiger partial charge in [0.15, 0.2) is 5.96 Å². The first kappa shape index (κ1) is 22.2. The van der Waals surface area contributed by atoms with Gasteiger partial charge in [0.25, 0.3) is 0 Å². The van der Waals surface area contributed by atoms with Gasteiger partial charge in [-0.25, -0.2) is 0 Å². The van der Waals surface area contributed by atoms with Crippen LogP contribution in [0.3, 0.4) is 0 Å². The summed E-state index contributed by atoms with van der Waals surface area (Å²) in [5, 5.41) is 3.50. The Kier molecular flexibility index (Phi) is 10.5. The number of nitrogens with zero attached hydrogens (tertiary/aromatic N) is 2. The number of hydrogen-bond acceptors (Lipinski definition) is 4. The van der Waals surface area contributed by atoms with E-state index >= 15 is 0 Å². The second-order valence-electron chi connectivity index (χ2n) is 7.43. The minimum atomic E-state index is 0. The predicted octanol–water partition coefficient (Wildman–Crippen LogP) is 2.80. The fourth-order valence-electron chi connectivity index (χ4n) is 3.92. The van der Waals surface area contributed by atoms with Crippen LogP contribution in [0.4, 0.5) is 0 Å². The van der Waals surface area contributed by atoms with Crippen LogP contribution in [-0.2, 0) is 14.2 Å². The standard InChI is InChI=1S/C19H35N3O3.HI/c1-20-19(21-14-17-6-2-4-12-23-17)22-10-8-16(9-11-22)25-15-18-7-3-5-13-24-18;/h16-18H,2-15H2,1H3,(H,20,21);1H. The molecule has 0 aromatic carbocycles. The van der Waals surface area contributed by atoms with E-state index < -0.39 is 0 Å². The van der Waals surface area contributed by atoms with Crippen LogP contribution >= 0.6 is 24.0 Å². The van der Waals surface area contributed by atoms with Gasteiger partial charge in [0.2, 0.25) is 0 Å². The monoisotopic (exact) mass is 481 g/mol. The van der Waals surface area contributed by atoms with Crippen molar-refractivity contribution in [3.63, 3.8) is 0 Å². The number of aliphatic imine (C=N–C) groups is 1. The molecule has 0 spiro atoms. The smallest absolute Gasteiger partial charge is 0.193 e. The zero-order valence-corrected chi connectivity index (χ0v) is 18.5. The fourth-order valence-corrected chi connectivity index (χ4v) is 3.92. The quantitative estimate of drug-likeness (QED) is 0.372. The summed E-state index contributed by atoms with van der Waals surface area (Å²) in [6, 6.07) is 0. The predicted molar refractivity (Wildman–Crippen MR) is 115 cm³/mol. The van der Waals surface area contributed by atoms with E-state index in [1.165, 1.54) is 25.7 Å². The van der Waals surface area contributed by atoms with Gasteiger partial charge in [0.1, 0.15) is 0 Å². The number of piperidine rings is 1. The lowest BCUT2D eigenvalue weighted by Gasteiger charge is -2.35. The highest BCUT2D eigenvalue weighted by Gasteiger charge is 2.24.